The molecule has 0 fully saturated rings. The number of halogens is 1. The molecule has 0 unspecified atom stereocenters. The highest BCUT2D eigenvalue weighted by atomic mass is 19.1. The fourth-order valence-corrected chi connectivity index (χ4v) is 0.198. The van der Waals surface area contributed by atoms with E-state index in [1.165, 1.54) is 13.0 Å². The summed E-state index contributed by atoms with van der Waals surface area (Å²) in [4.78, 5) is 0. The summed E-state index contributed by atoms with van der Waals surface area (Å²) < 4.78 is 11.7. The Hall–Kier alpha value is -0.990. The Morgan fingerprint density at radius 3 is 2.25 bits per heavy atom. The van der Waals surface area contributed by atoms with Crippen LogP contribution in [0.1, 0.15) is 6.92 Å². The average molecular weight is 114 g/mol. The zero-order chi connectivity index (χ0) is 6.57. The molecule has 0 saturated carbocycles. The summed E-state index contributed by atoms with van der Waals surface area (Å²) in [5.74, 6) is -0.978. The Labute approximate surface area is 47.0 Å². The van der Waals surface area contributed by atoms with E-state index in [1.54, 1.807) is 0 Å². The van der Waals surface area contributed by atoms with Crippen molar-refractivity contribution >= 4 is 12.2 Å². The molecule has 0 aliphatic carbocycles. The van der Waals surface area contributed by atoms with Crippen LogP contribution in [-0.2, 0) is 0 Å². The van der Waals surface area contributed by atoms with E-state index in [4.69, 9.17) is 10.8 Å². The fourth-order valence-electron chi connectivity index (χ4n) is 0.198. The predicted octanol–water partition coefficient (Wildman–Crippen LogP) is 1.53. The third-order valence-electron chi connectivity index (χ3n) is 0.680. The molecule has 0 aromatic rings. The molecular formula is C5H7FN2. The van der Waals surface area contributed by atoms with Gasteiger partial charge in [0.2, 0.25) is 5.97 Å². The quantitative estimate of drug-likeness (QED) is 0.511. The van der Waals surface area contributed by atoms with Crippen molar-refractivity contribution in [3.63, 3.8) is 0 Å². The molecule has 0 heterocycles. The van der Waals surface area contributed by atoms with Gasteiger partial charge >= 0.3 is 0 Å². The summed E-state index contributed by atoms with van der Waals surface area (Å²) in [7, 11) is 0. The molecule has 0 aromatic heterocycles. The fraction of sp³-hybridized carbons (Fsp3) is 0.200. The highest BCUT2D eigenvalue weighted by Gasteiger charge is 1.91. The zero-order valence-electron chi connectivity index (χ0n) is 4.53. The van der Waals surface area contributed by atoms with Crippen molar-refractivity contribution in [2.75, 3.05) is 0 Å². The van der Waals surface area contributed by atoms with Crippen molar-refractivity contribution in [2.24, 2.45) is 0 Å². The Bertz CT molecular complexity index is 137. The lowest BCUT2D eigenvalue weighted by Gasteiger charge is -1.85. The molecule has 0 aromatic carbocycles. The Morgan fingerprint density at radius 1 is 1.62 bits per heavy atom. The maximum absolute atomic E-state index is 11.7. The predicted molar refractivity (Wildman–Crippen MR) is 31.4 cm³/mol. The number of hydrogen-bond acceptors (Lipinski definition) is 2. The van der Waals surface area contributed by atoms with Crippen LogP contribution in [-0.4, -0.2) is 12.2 Å². The Balaban J connectivity index is 3.99. The van der Waals surface area contributed by atoms with Crippen LogP contribution in [0, 0.1) is 10.8 Å². The van der Waals surface area contributed by atoms with Gasteiger partial charge in [-0.05, 0) is 13.0 Å². The van der Waals surface area contributed by atoms with E-state index in [9.17, 15) is 4.39 Å². The van der Waals surface area contributed by atoms with Gasteiger partial charge in [0.15, 0.2) is 0 Å². The molecule has 0 aliphatic heterocycles. The van der Waals surface area contributed by atoms with Gasteiger partial charge in [0, 0.05) is 11.8 Å². The molecule has 0 bridgehead atoms. The molecule has 0 atom stereocenters. The smallest absolute Gasteiger partial charge is 0.208 e. The van der Waals surface area contributed by atoms with Crippen molar-refractivity contribution < 1.29 is 4.39 Å². The second-order valence-electron chi connectivity index (χ2n) is 1.33. The summed E-state index contributed by atoms with van der Waals surface area (Å²) >= 11 is 0. The van der Waals surface area contributed by atoms with E-state index in [-0.39, 0.29) is 5.57 Å². The third-order valence-corrected chi connectivity index (χ3v) is 0.680. The highest BCUT2D eigenvalue weighted by Crippen LogP contribution is 1.92. The van der Waals surface area contributed by atoms with Gasteiger partial charge in [0.25, 0.3) is 0 Å². The first-order chi connectivity index (χ1) is 3.68. The van der Waals surface area contributed by atoms with Crippen LogP contribution in [0.2, 0.25) is 0 Å². The Kier molecular flexibility index (Phi) is 2.69. The van der Waals surface area contributed by atoms with Crippen molar-refractivity contribution in [1.29, 1.82) is 10.8 Å². The average Bonchev–Trinajstić information content (AvgIpc) is 1.67. The second kappa shape index (κ2) is 3.07. The van der Waals surface area contributed by atoms with Gasteiger partial charge < -0.3 is 5.41 Å². The van der Waals surface area contributed by atoms with Gasteiger partial charge in [-0.2, -0.15) is 4.39 Å². The zero-order valence-corrected chi connectivity index (χ0v) is 4.53. The van der Waals surface area contributed by atoms with Gasteiger partial charge in [0.05, 0.1) is 0 Å². The summed E-state index contributed by atoms with van der Waals surface area (Å²) in [6.07, 6.45) is 2.17. The van der Waals surface area contributed by atoms with Gasteiger partial charge in [-0.1, -0.05) is 0 Å². The molecule has 2 nitrogen and oxygen atoms in total. The minimum atomic E-state index is -0.978. The van der Waals surface area contributed by atoms with Crippen LogP contribution in [0.4, 0.5) is 4.39 Å². The molecular weight excluding hydrogens is 107 g/mol. The van der Waals surface area contributed by atoms with Crippen molar-refractivity contribution in [3.05, 3.63) is 11.6 Å². The van der Waals surface area contributed by atoms with Crippen molar-refractivity contribution in [3.8, 4) is 0 Å². The third kappa shape index (κ3) is 2.23. The Morgan fingerprint density at radius 2 is 2.12 bits per heavy atom. The lowest BCUT2D eigenvalue weighted by Crippen LogP contribution is -1.86. The minimum absolute atomic E-state index is 0.181. The topological polar surface area (TPSA) is 47.7 Å². The standard InChI is InChI=1S/C5H7FN2/c1-4(2-3-7)5(6)8/h2-3,7-8H,1H3/b4-2-,7-3?,8-5?. The first-order valence-corrected chi connectivity index (χ1v) is 2.10. The van der Waals surface area contributed by atoms with Crippen LogP contribution >= 0.6 is 0 Å². The lowest BCUT2D eigenvalue weighted by atomic mass is 10.3. The van der Waals surface area contributed by atoms with Crippen LogP contribution in [0.5, 0.6) is 0 Å². The lowest BCUT2D eigenvalue weighted by molar-refractivity contribution is 0.794. The molecule has 0 radical (unpaired) electrons. The molecule has 0 rings (SSSR count). The molecule has 0 spiro atoms. The van der Waals surface area contributed by atoms with E-state index in [2.05, 4.69) is 0 Å². The van der Waals surface area contributed by atoms with Crippen molar-refractivity contribution in [2.45, 2.75) is 6.92 Å². The summed E-state index contributed by atoms with van der Waals surface area (Å²) in [6.45, 7) is 1.44. The monoisotopic (exact) mass is 114 g/mol. The first-order valence-electron chi connectivity index (χ1n) is 2.10. The first kappa shape index (κ1) is 7.01. The number of nitrogens with one attached hydrogen (secondary N) is 2. The summed E-state index contributed by atoms with van der Waals surface area (Å²) in [5.41, 5.74) is 0.181. The summed E-state index contributed by atoms with van der Waals surface area (Å²) in [5, 5.41) is 12.8. The van der Waals surface area contributed by atoms with E-state index in [0.29, 0.717) is 0 Å². The molecule has 0 aliphatic rings. The van der Waals surface area contributed by atoms with Gasteiger partial charge in [0.1, 0.15) is 0 Å². The van der Waals surface area contributed by atoms with E-state index in [0.717, 1.165) is 6.21 Å². The van der Waals surface area contributed by atoms with E-state index >= 15 is 0 Å². The van der Waals surface area contributed by atoms with Crippen LogP contribution in [0.25, 0.3) is 0 Å². The summed E-state index contributed by atoms with van der Waals surface area (Å²) in [6, 6.07) is 0. The molecule has 3 heteroatoms. The molecule has 44 valence electrons. The largest absolute Gasteiger partial charge is 0.309 e. The maximum atomic E-state index is 11.7. The minimum Gasteiger partial charge on any atom is -0.309 e. The molecule has 0 saturated heterocycles. The highest BCUT2D eigenvalue weighted by molar-refractivity contribution is 5.93. The maximum Gasteiger partial charge on any atom is 0.208 e. The van der Waals surface area contributed by atoms with Gasteiger partial charge in [-0.25, -0.2) is 0 Å². The van der Waals surface area contributed by atoms with Crippen LogP contribution < -0.4 is 0 Å². The SMILES string of the molecule is C/C(=C/C=N)C(=N)F. The van der Waals surface area contributed by atoms with Crippen molar-refractivity contribution in [1.82, 2.24) is 0 Å². The van der Waals surface area contributed by atoms with Crippen LogP contribution in [0.15, 0.2) is 11.6 Å². The number of allylic oxidation sites excluding steroid dienone is 2. The van der Waals surface area contributed by atoms with Crippen LogP contribution in [0.3, 0.4) is 0 Å². The second-order valence-corrected chi connectivity index (χ2v) is 1.33. The molecule has 0 amide bonds. The molecule has 2 N–H and O–H groups in total. The van der Waals surface area contributed by atoms with E-state index in [1.807, 2.05) is 0 Å². The van der Waals surface area contributed by atoms with Gasteiger partial charge in [-0.15, -0.1) is 0 Å². The molecule has 8 heavy (non-hydrogen) atoms. The number of rotatable bonds is 2. The van der Waals surface area contributed by atoms with Gasteiger partial charge in [-0.3, -0.25) is 5.41 Å². The normalized spacial score (nSPS) is 11.0. The number of hydrogen-bond donors (Lipinski definition) is 2. The van der Waals surface area contributed by atoms with E-state index < -0.39 is 5.97 Å².